The van der Waals surface area contributed by atoms with Crippen LogP contribution in [0.15, 0.2) is 53.4 Å². The van der Waals surface area contributed by atoms with E-state index in [1.807, 2.05) is 11.8 Å². The summed E-state index contributed by atoms with van der Waals surface area (Å²) in [6.07, 6.45) is 1.44. The summed E-state index contributed by atoms with van der Waals surface area (Å²) in [4.78, 5) is 1.33. The molecule has 19 heavy (non-hydrogen) atoms. The van der Waals surface area contributed by atoms with Gasteiger partial charge in [0, 0.05) is 10.1 Å². The molecule has 0 saturated carbocycles. The predicted octanol–water partition coefficient (Wildman–Crippen LogP) is 3.62. The van der Waals surface area contributed by atoms with Crippen molar-refractivity contribution >= 4 is 11.8 Å². The first-order valence-electron chi connectivity index (χ1n) is 6.70. The van der Waals surface area contributed by atoms with Gasteiger partial charge in [-0.1, -0.05) is 48.0 Å². The lowest BCUT2D eigenvalue weighted by Gasteiger charge is -2.17. The minimum absolute atomic E-state index is 0.278. The number of aliphatic hydroxyl groups excluding tert-OH is 1. The molecule has 1 N–H and O–H groups in total. The van der Waals surface area contributed by atoms with Gasteiger partial charge in [-0.3, -0.25) is 0 Å². The normalized spacial score (nSPS) is 19.2. The second-order valence-electron chi connectivity index (χ2n) is 5.23. The van der Waals surface area contributed by atoms with Gasteiger partial charge in [0.25, 0.3) is 0 Å². The van der Waals surface area contributed by atoms with Crippen molar-refractivity contribution in [2.75, 3.05) is 0 Å². The Bertz CT molecular complexity index is 537. The van der Waals surface area contributed by atoms with Crippen LogP contribution in [0, 0.1) is 6.92 Å². The summed E-state index contributed by atoms with van der Waals surface area (Å²) in [6, 6.07) is 16.9. The fraction of sp³-hybridized carbons (Fsp3) is 0.294. The lowest BCUT2D eigenvalue weighted by molar-refractivity contribution is 0.172. The quantitative estimate of drug-likeness (QED) is 0.919. The number of thioether (sulfide) groups is 1. The summed E-state index contributed by atoms with van der Waals surface area (Å²) >= 11 is 1.82. The highest BCUT2D eigenvalue weighted by Crippen LogP contribution is 2.38. The molecule has 0 amide bonds. The number of benzene rings is 2. The average Bonchev–Trinajstić information content (AvgIpc) is 2.85. The zero-order valence-corrected chi connectivity index (χ0v) is 11.9. The fourth-order valence-corrected chi connectivity index (χ4v) is 3.82. The zero-order chi connectivity index (χ0) is 13.2. The first-order valence-corrected chi connectivity index (χ1v) is 7.58. The number of rotatable bonds is 3. The summed E-state index contributed by atoms with van der Waals surface area (Å²) in [5, 5.41) is 10.7. The van der Waals surface area contributed by atoms with Crippen LogP contribution in [0.5, 0.6) is 0 Å². The molecule has 98 valence electrons. The highest BCUT2D eigenvalue weighted by atomic mass is 32.2. The molecule has 1 heterocycles. The Morgan fingerprint density at radius 3 is 2.63 bits per heavy atom. The van der Waals surface area contributed by atoms with E-state index in [4.69, 9.17) is 0 Å². The molecule has 0 fully saturated rings. The number of aryl methyl sites for hydroxylation is 1. The third-order valence-corrected chi connectivity index (χ3v) is 5.10. The molecule has 0 radical (unpaired) electrons. The maximum atomic E-state index is 10.4. The zero-order valence-electron chi connectivity index (χ0n) is 11.0. The van der Waals surface area contributed by atoms with Crippen molar-refractivity contribution in [2.24, 2.45) is 0 Å². The molecule has 2 atom stereocenters. The maximum absolute atomic E-state index is 10.4. The molecule has 2 aromatic carbocycles. The molecule has 1 aliphatic rings. The summed E-state index contributed by atoms with van der Waals surface area (Å²) < 4.78 is 0. The Balaban J connectivity index is 1.66. The molecule has 0 aromatic heterocycles. The standard InChI is InChI=1S/C17H18OS/c1-12-6-8-13(9-7-12)10-15(18)17-11-14-4-2-3-5-16(14)19-17/h2-9,15,17-18H,10-11H2,1H3. The van der Waals surface area contributed by atoms with Crippen LogP contribution in [-0.4, -0.2) is 16.5 Å². The Kier molecular flexibility index (Phi) is 3.63. The largest absolute Gasteiger partial charge is 0.392 e. The van der Waals surface area contributed by atoms with Crippen LogP contribution < -0.4 is 0 Å². The number of fused-ring (bicyclic) bond motifs is 1. The van der Waals surface area contributed by atoms with Crippen LogP contribution in [0.4, 0.5) is 0 Å². The first-order chi connectivity index (χ1) is 9.22. The van der Waals surface area contributed by atoms with Gasteiger partial charge in [0.2, 0.25) is 0 Å². The second-order valence-corrected chi connectivity index (χ2v) is 6.51. The third kappa shape index (κ3) is 2.85. The van der Waals surface area contributed by atoms with E-state index >= 15 is 0 Å². The summed E-state index contributed by atoms with van der Waals surface area (Å²) in [5.74, 6) is 0. The van der Waals surface area contributed by atoms with E-state index in [1.165, 1.54) is 21.6 Å². The molecule has 1 aliphatic heterocycles. The maximum Gasteiger partial charge on any atom is 0.0705 e. The van der Waals surface area contributed by atoms with Crippen molar-refractivity contribution in [2.45, 2.75) is 36.0 Å². The van der Waals surface area contributed by atoms with Crippen LogP contribution in [0.1, 0.15) is 16.7 Å². The molecular weight excluding hydrogens is 252 g/mol. The van der Waals surface area contributed by atoms with E-state index < -0.39 is 0 Å². The van der Waals surface area contributed by atoms with E-state index in [-0.39, 0.29) is 6.10 Å². The van der Waals surface area contributed by atoms with Crippen molar-refractivity contribution in [3.8, 4) is 0 Å². The first kappa shape index (κ1) is 12.8. The third-order valence-electron chi connectivity index (χ3n) is 3.67. The Hall–Kier alpha value is -1.25. The average molecular weight is 270 g/mol. The van der Waals surface area contributed by atoms with Crippen LogP contribution in [0.25, 0.3) is 0 Å². The molecule has 1 nitrogen and oxygen atoms in total. The van der Waals surface area contributed by atoms with Crippen LogP contribution >= 0.6 is 11.8 Å². The minimum Gasteiger partial charge on any atom is -0.392 e. The highest BCUT2D eigenvalue weighted by Gasteiger charge is 2.27. The summed E-state index contributed by atoms with van der Waals surface area (Å²) in [6.45, 7) is 2.09. The fourth-order valence-electron chi connectivity index (χ4n) is 2.52. The van der Waals surface area contributed by atoms with Crippen LogP contribution in [-0.2, 0) is 12.8 Å². The van der Waals surface area contributed by atoms with Crippen LogP contribution in [0.2, 0.25) is 0 Å². The van der Waals surface area contributed by atoms with Crippen molar-refractivity contribution in [3.63, 3.8) is 0 Å². The predicted molar refractivity (Wildman–Crippen MR) is 80.7 cm³/mol. The van der Waals surface area contributed by atoms with Gasteiger partial charge in [-0.25, -0.2) is 0 Å². The van der Waals surface area contributed by atoms with Gasteiger partial charge in [-0.05, 0) is 37.0 Å². The van der Waals surface area contributed by atoms with Crippen LogP contribution in [0.3, 0.4) is 0 Å². The Labute approximate surface area is 118 Å². The second kappa shape index (κ2) is 5.40. The highest BCUT2D eigenvalue weighted by molar-refractivity contribution is 8.00. The van der Waals surface area contributed by atoms with E-state index in [0.717, 1.165) is 12.8 Å². The van der Waals surface area contributed by atoms with Crippen molar-refractivity contribution < 1.29 is 5.11 Å². The van der Waals surface area contributed by atoms with Crippen molar-refractivity contribution in [3.05, 3.63) is 65.2 Å². The van der Waals surface area contributed by atoms with Gasteiger partial charge in [0.15, 0.2) is 0 Å². The van der Waals surface area contributed by atoms with E-state index in [9.17, 15) is 5.11 Å². The van der Waals surface area contributed by atoms with Crippen molar-refractivity contribution in [1.29, 1.82) is 0 Å². The van der Waals surface area contributed by atoms with Gasteiger partial charge in [-0.15, -0.1) is 11.8 Å². The summed E-state index contributed by atoms with van der Waals surface area (Å²) in [5.41, 5.74) is 3.86. The topological polar surface area (TPSA) is 20.2 Å². The lowest BCUT2D eigenvalue weighted by Crippen LogP contribution is -2.24. The number of aliphatic hydroxyl groups is 1. The van der Waals surface area contributed by atoms with Gasteiger partial charge < -0.3 is 5.11 Å². The molecule has 0 aliphatic carbocycles. The lowest BCUT2D eigenvalue weighted by atomic mass is 10.0. The van der Waals surface area contributed by atoms with Gasteiger partial charge in [0.1, 0.15) is 0 Å². The molecular formula is C17H18OS. The minimum atomic E-state index is -0.278. The molecule has 2 unspecified atom stereocenters. The van der Waals surface area contributed by atoms with Gasteiger partial charge in [-0.2, -0.15) is 0 Å². The van der Waals surface area contributed by atoms with E-state index in [1.54, 1.807) is 0 Å². The monoisotopic (exact) mass is 270 g/mol. The van der Waals surface area contributed by atoms with Gasteiger partial charge in [0.05, 0.1) is 6.10 Å². The van der Waals surface area contributed by atoms with Crippen molar-refractivity contribution in [1.82, 2.24) is 0 Å². The Morgan fingerprint density at radius 2 is 1.89 bits per heavy atom. The molecule has 0 spiro atoms. The summed E-state index contributed by atoms with van der Waals surface area (Å²) in [7, 11) is 0. The Morgan fingerprint density at radius 1 is 1.16 bits per heavy atom. The van der Waals surface area contributed by atoms with Gasteiger partial charge >= 0.3 is 0 Å². The molecule has 2 aromatic rings. The molecule has 0 bridgehead atoms. The van der Waals surface area contributed by atoms with E-state index in [2.05, 4.69) is 55.5 Å². The smallest absolute Gasteiger partial charge is 0.0705 e. The molecule has 0 saturated heterocycles. The number of hydrogen-bond acceptors (Lipinski definition) is 2. The number of hydrogen-bond donors (Lipinski definition) is 1. The molecule has 3 rings (SSSR count). The van der Waals surface area contributed by atoms with E-state index in [0.29, 0.717) is 5.25 Å². The molecule has 2 heteroatoms. The SMILES string of the molecule is Cc1ccc(CC(O)C2Cc3ccccc3S2)cc1.